The lowest BCUT2D eigenvalue weighted by molar-refractivity contribution is -0.155. The minimum Gasteiger partial charge on any atom is -0.445 e. The van der Waals surface area contributed by atoms with E-state index in [1.165, 1.54) is 6.42 Å². The maximum absolute atomic E-state index is 13.0. The number of carbonyl (C=O) groups excluding carboxylic acids is 2. The highest BCUT2D eigenvalue weighted by Crippen LogP contribution is 2.32. The summed E-state index contributed by atoms with van der Waals surface area (Å²) in [4.78, 5) is 27.2. The second kappa shape index (κ2) is 5.75. The summed E-state index contributed by atoms with van der Waals surface area (Å²) < 4.78 is 5.58. The number of esters is 1. The molecule has 0 bridgehead atoms. The number of amides is 1. The van der Waals surface area contributed by atoms with Crippen LogP contribution in [0.4, 0.5) is 0 Å². The molecule has 1 saturated heterocycles. The maximum Gasteiger partial charge on any atom is 0.339 e. The van der Waals surface area contributed by atoms with E-state index in [0.717, 1.165) is 31.4 Å². The second-order valence-electron chi connectivity index (χ2n) is 6.51. The molecule has 4 nitrogen and oxygen atoms in total. The van der Waals surface area contributed by atoms with Gasteiger partial charge < -0.3 is 9.64 Å². The molecule has 1 aromatic rings. The summed E-state index contributed by atoms with van der Waals surface area (Å²) in [5, 5.41) is 0. The highest BCUT2D eigenvalue weighted by Gasteiger charge is 2.46. The molecule has 2 aliphatic rings. The number of likely N-dealkylation sites (tertiary alicyclic amines) is 1. The standard InChI is InChI=1S/C18H23NO3/c1-3-14-9-6-7-11-19(14)17(21)18(2)12-13-8-4-5-10-15(13)16(20)22-18/h4-5,8,10,14H,3,6-7,9,11-12H2,1-2H3. The van der Waals surface area contributed by atoms with Crippen LogP contribution in [-0.4, -0.2) is 35.0 Å². The number of hydrogen-bond donors (Lipinski definition) is 0. The van der Waals surface area contributed by atoms with Crippen LogP contribution in [-0.2, 0) is 16.0 Å². The van der Waals surface area contributed by atoms with Crippen molar-refractivity contribution in [3.05, 3.63) is 35.4 Å². The molecule has 0 saturated carbocycles. The van der Waals surface area contributed by atoms with E-state index >= 15 is 0 Å². The molecule has 2 heterocycles. The Bertz CT molecular complexity index is 598. The van der Waals surface area contributed by atoms with Crippen LogP contribution in [0, 0.1) is 0 Å². The van der Waals surface area contributed by atoms with Gasteiger partial charge in [0, 0.05) is 19.0 Å². The SMILES string of the molecule is CCC1CCCCN1C(=O)C1(C)Cc2ccccc2C(=O)O1. The van der Waals surface area contributed by atoms with E-state index in [0.29, 0.717) is 12.0 Å². The molecule has 2 atom stereocenters. The zero-order chi connectivity index (χ0) is 15.7. The first-order valence-corrected chi connectivity index (χ1v) is 8.17. The van der Waals surface area contributed by atoms with Crippen molar-refractivity contribution in [2.24, 2.45) is 0 Å². The molecule has 22 heavy (non-hydrogen) atoms. The molecule has 0 aromatic heterocycles. The zero-order valence-electron chi connectivity index (χ0n) is 13.3. The largest absolute Gasteiger partial charge is 0.445 e. The van der Waals surface area contributed by atoms with Crippen molar-refractivity contribution in [2.45, 2.75) is 57.6 Å². The van der Waals surface area contributed by atoms with Crippen LogP contribution < -0.4 is 0 Å². The molecule has 2 aliphatic heterocycles. The predicted molar refractivity (Wildman–Crippen MR) is 83.6 cm³/mol. The summed E-state index contributed by atoms with van der Waals surface area (Å²) in [6.07, 6.45) is 4.65. The van der Waals surface area contributed by atoms with Gasteiger partial charge in [-0.15, -0.1) is 0 Å². The van der Waals surface area contributed by atoms with Crippen molar-refractivity contribution in [3.63, 3.8) is 0 Å². The molecular formula is C18H23NO3. The van der Waals surface area contributed by atoms with E-state index in [1.807, 2.05) is 23.1 Å². The van der Waals surface area contributed by atoms with Gasteiger partial charge in [0.15, 0.2) is 5.60 Å². The Morgan fingerprint density at radius 2 is 2.14 bits per heavy atom. The lowest BCUT2D eigenvalue weighted by Crippen LogP contribution is -2.56. The van der Waals surface area contributed by atoms with Crippen LogP contribution in [0.5, 0.6) is 0 Å². The molecule has 0 aliphatic carbocycles. The van der Waals surface area contributed by atoms with Gasteiger partial charge in [-0.2, -0.15) is 0 Å². The van der Waals surface area contributed by atoms with Crippen LogP contribution in [0.2, 0.25) is 0 Å². The molecule has 1 aromatic carbocycles. The summed E-state index contributed by atoms with van der Waals surface area (Å²) in [5.74, 6) is -0.426. The Kier molecular flexibility index (Phi) is 3.94. The van der Waals surface area contributed by atoms with E-state index < -0.39 is 5.60 Å². The molecule has 1 fully saturated rings. The first-order valence-electron chi connectivity index (χ1n) is 8.17. The van der Waals surface area contributed by atoms with E-state index in [4.69, 9.17) is 4.74 Å². The van der Waals surface area contributed by atoms with Crippen molar-refractivity contribution >= 4 is 11.9 Å². The normalized spacial score (nSPS) is 28.0. The fourth-order valence-electron chi connectivity index (χ4n) is 3.65. The number of rotatable bonds is 2. The number of ether oxygens (including phenoxy) is 1. The van der Waals surface area contributed by atoms with Crippen molar-refractivity contribution < 1.29 is 14.3 Å². The van der Waals surface area contributed by atoms with Crippen LogP contribution >= 0.6 is 0 Å². The average molecular weight is 301 g/mol. The number of piperidine rings is 1. The summed E-state index contributed by atoms with van der Waals surface area (Å²) in [6.45, 7) is 4.64. The maximum atomic E-state index is 13.0. The summed E-state index contributed by atoms with van der Waals surface area (Å²) in [5.41, 5.74) is 0.411. The predicted octanol–water partition coefficient (Wildman–Crippen LogP) is 2.95. The Balaban J connectivity index is 1.87. The highest BCUT2D eigenvalue weighted by molar-refractivity contribution is 5.97. The van der Waals surface area contributed by atoms with Gasteiger partial charge in [-0.05, 0) is 44.2 Å². The number of benzene rings is 1. The number of hydrogen-bond acceptors (Lipinski definition) is 3. The molecule has 4 heteroatoms. The fraction of sp³-hybridized carbons (Fsp3) is 0.556. The number of cyclic esters (lactones) is 1. The zero-order valence-corrected chi connectivity index (χ0v) is 13.3. The minimum atomic E-state index is -1.07. The molecule has 0 spiro atoms. The fourth-order valence-corrected chi connectivity index (χ4v) is 3.65. The van der Waals surface area contributed by atoms with E-state index in [1.54, 1.807) is 13.0 Å². The molecular weight excluding hydrogens is 278 g/mol. The van der Waals surface area contributed by atoms with Gasteiger partial charge >= 0.3 is 5.97 Å². The van der Waals surface area contributed by atoms with Crippen molar-refractivity contribution in [1.82, 2.24) is 4.90 Å². The summed E-state index contributed by atoms with van der Waals surface area (Å²) >= 11 is 0. The molecule has 118 valence electrons. The minimum absolute atomic E-state index is 0.0399. The van der Waals surface area contributed by atoms with Gasteiger partial charge in [-0.25, -0.2) is 4.79 Å². The van der Waals surface area contributed by atoms with Gasteiger partial charge in [-0.3, -0.25) is 4.79 Å². The number of nitrogens with zero attached hydrogens (tertiary/aromatic N) is 1. The number of fused-ring (bicyclic) bond motifs is 1. The van der Waals surface area contributed by atoms with Crippen LogP contribution in [0.3, 0.4) is 0 Å². The molecule has 0 N–H and O–H groups in total. The lowest BCUT2D eigenvalue weighted by atomic mass is 9.87. The average Bonchev–Trinajstić information content (AvgIpc) is 2.54. The monoisotopic (exact) mass is 301 g/mol. The van der Waals surface area contributed by atoms with Crippen molar-refractivity contribution in [1.29, 1.82) is 0 Å². The summed E-state index contributed by atoms with van der Waals surface area (Å²) in [7, 11) is 0. The second-order valence-corrected chi connectivity index (χ2v) is 6.51. The van der Waals surface area contributed by atoms with Gasteiger partial charge in [-0.1, -0.05) is 25.1 Å². The molecule has 3 rings (SSSR count). The Hall–Kier alpha value is -1.84. The van der Waals surface area contributed by atoms with Gasteiger partial charge in [0.2, 0.25) is 0 Å². The van der Waals surface area contributed by atoms with Gasteiger partial charge in [0.25, 0.3) is 5.91 Å². The Labute approximate surface area is 131 Å². The van der Waals surface area contributed by atoms with Gasteiger partial charge in [0.1, 0.15) is 0 Å². The van der Waals surface area contributed by atoms with Crippen LogP contribution in [0.25, 0.3) is 0 Å². The lowest BCUT2D eigenvalue weighted by Gasteiger charge is -2.42. The third kappa shape index (κ3) is 2.51. The topological polar surface area (TPSA) is 46.6 Å². The quantitative estimate of drug-likeness (QED) is 0.789. The number of carbonyl (C=O) groups is 2. The third-order valence-corrected chi connectivity index (χ3v) is 4.89. The Morgan fingerprint density at radius 1 is 1.36 bits per heavy atom. The van der Waals surface area contributed by atoms with E-state index in [2.05, 4.69) is 6.92 Å². The van der Waals surface area contributed by atoms with E-state index in [-0.39, 0.29) is 17.9 Å². The smallest absolute Gasteiger partial charge is 0.339 e. The van der Waals surface area contributed by atoms with E-state index in [9.17, 15) is 9.59 Å². The molecule has 0 radical (unpaired) electrons. The third-order valence-electron chi connectivity index (χ3n) is 4.89. The first-order chi connectivity index (χ1) is 10.5. The summed E-state index contributed by atoms with van der Waals surface area (Å²) in [6, 6.07) is 7.67. The Morgan fingerprint density at radius 3 is 2.91 bits per heavy atom. The van der Waals surface area contributed by atoms with Gasteiger partial charge in [0.05, 0.1) is 5.56 Å². The molecule has 2 unspecified atom stereocenters. The first kappa shape index (κ1) is 15.1. The van der Waals surface area contributed by atoms with Crippen molar-refractivity contribution in [2.75, 3.05) is 6.54 Å². The van der Waals surface area contributed by atoms with Crippen LogP contribution in [0.15, 0.2) is 24.3 Å². The highest BCUT2D eigenvalue weighted by atomic mass is 16.6. The molecule has 1 amide bonds. The van der Waals surface area contributed by atoms with Crippen LogP contribution in [0.1, 0.15) is 55.5 Å². The van der Waals surface area contributed by atoms with Crippen molar-refractivity contribution in [3.8, 4) is 0 Å².